The number of hydrogen-bond acceptors (Lipinski definition) is 3. The summed E-state index contributed by atoms with van der Waals surface area (Å²) < 4.78 is 5.42. The van der Waals surface area contributed by atoms with E-state index in [1.54, 1.807) is 0 Å². The molecule has 5 nitrogen and oxygen atoms in total. The van der Waals surface area contributed by atoms with Gasteiger partial charge < -0.3 is 15.8 Å². The minimum atomic E-state index is 0. The van der Waals surface area contributed by atoms with Crippen LogP contribution in [-0.4, -0.2) is 56.3 Å². The number of aliphatic imine (C=N–C) groups is 1. The number of rotatable bonds is 7. The quantitative estimate of drug-likeness (QED) is 0.381. The van der Waals surface area contributed by atoms with Crippen molar-refractivity contribution in [3.05, 3.63) is 0 Å². The summed E-state index contributed by atoms with van der Waals surface area (Å²) in [6.07, 6.45) is 1.12. The molecule has 0 saturated carbocycles. The number of hydrogen-bond donors (Lipinski definition) is 2. The monoisotopic (exact) mass is 412 g/mol. The minimum absolute atomic E-state index is 0. The molecule has 3 N–H and O–H groups in total. The van der Waals surface area contributed by atoms with E-state index in [2.05, 4.69) is 42.9 Å². The van der Waals surface area contributed by atoms with Crippen LogP contribution in [0.25, 0.3) is 0 Å². The van der Waals surface area contributed by atoms with E-state index in [1.165, 1.54) is 0 Å². The van der Waals surface area contributed by atoms with Gasteiger partial charge in [-0.05, 0) is 18.3 Å². The van der Waals surface area contributed by atoms with Gasteiger partial charge in [0.1, 0.15) is 0 Å². The molecule has 1 aliphatic rings. The molecule has 0 aromatic rings. The Morgan fingerprint density at radius 3 is 2.38 bits per heavy atom. The van der Waals surface area contributed by atoms with Gasteiger partial charge in [-0.1, -0.05) is 27.7 Å². The summed E-state index contributed by atoms with van der Waals surface area (Å²) in [6.45, 7) is 14.2. The average molecular weight is 412 g/mol. The predicted molar refractivity (Wildman–Crippen MR) is 100 cm³/mol. The van der Waals surface area contributed by atoms with Gasteiger partial charge >= 0.3 is 0 Å². The summed E-state index contributed by atoms with van der Waals surface area (Å²) in [5.41, 5.74) is 5.93. The van der Waals surface area contributed by atoms with Crippen molar-refractivity contribution in [2.24, 2.45) is 22.6 Å². The number of guanidine groups is 1. The molecule has 0 aromatic carbocycles. The summed E-state index contributed by atoms with van der Waals surface area (Å²) in [6, 6.07) is 0.448. The van der Waals surface area contributed by atoms with Crippen LogP contribution in [0.4, 0.5) is 0 Å². The lowest BCUT2D eigenvalue weighted by molar-refractivity contribution is 0.00868. The maximum atomic E-state index is 5.93. The third kappa shape index (κ3) is 8.83. The topological polar surface area (TPSA) is 62.9 Å². The predicted octanol–water partition coefficient (Wildman–Crippen LogP) is 1.91. The summed E-state index contributed by atoms with van der Waals surface area (Å²) in [5, 5.41) is 3.20. The highest BCUT2D eigenvalue weighted by Crippen LogP contribution is 2.13. The van der Waals surface area contributed by atoms with E-state index in [9.17, 15) is 0 Å². The van der Waals surface area contributed by atoms with E-state index in [0.29, 0.717) is 23.8 Å². The van der Waals surface area contributed by atoms with Crippen LogP contribution in [0, 0.1) is 11.8 Å². The maximum Gasteiger partial charge on any atom is 0.188 e. The number of halogens is 1. The van der Waals surface area contributed by atoms with Gasteiger partial charge in [-0.3, -0.25) is 9.89 Å². The van der Waals surface area contributed by atoms with Crippen LogP contribution >= 0.6 is 24.0 Å². The van der Waals surface area contributed by atoms with Gasteiger partial charge in [0.05, 0.1) is 19.8 Å². The van der Waals surface area contributed by atoms with Crippen LogP contribution in [-0.2, 0) is 4.74 Å². The Hall–Kier alpha value is -0.0800. The van der Waals surface area contributed by atoms with Gasteiger partial charge in [0.15, 0.2) is 5.96 Å². The van der Waals surface area contributed by atoms with Crippen molar-refractivity contribution in [2.75, 3.05) is 39.4 Å². The lowest BCUT2D eigenvalue weighted by atomic mass is 10.0. The molecule has 1 fully saturated rings. The Morgan fingerprint density at radius 1 is 1.24 bits per heavy atom. The summed E-state index contributed by atoms with van der Waals surface area (Å²) >= 11 is 0. The Morgan fingerprint density at radius 2 is 1.86 bits per heavy atom. The first-order valence-corrected chi connectivity index (χ1v) is 7.86. The van der Waals surface area contributed by atoms with Crippen LogP contribution in [0.2, 0.25) is 0 Å². The molecule has 0 bridgehead atoms. The number of nitrogens with one attached hydrogen (secondary N) is 1. The van der Waals surface area contributed by atoms with Gasteiger partial charge in [0, 0.05) is 25.7 Å². The zero-order valence-electron chi connectivity index (χ0n) is 14.0. The third-order valence-corrected chi connectivity index (χ3v) is 3.76. The Kier molecular flexibility index (Phi) is 11.4. The fraction of sp³-hybridized carbons (Fsp3) is 0.933. The Bertz CT molecular complexity index is 291. The fourth-order valence-corrected chi connectivity index (χ4v) is 2.39. The lowest BCUT2D eigenvalue weighted by Crippen LogP contribution is -2.48. The van der Waals surface area contributed by atoms with Gasteiger partial charge in [0.25, 0.3) is 0 Å². The van der Waals surface area contributed by atoms with Crippen molar-refractivity contribution >= 4 is 29.9 Å². The highest BCUT2D eigenvalue weighted by atomic mass is 127. The lowest BCUT2D eigenvalue weighted by Gasteiger charge is -2.36. The zero-order valence-corrected chi connectivity index (χ0v) is 16.3. The van der Waals surface area contributed by atoms with E-state index >= 15 is 0 Å². The SMILES string of the molecule is CC(C)CCNC(N)=NCC(C(C)C)N1CCOCC1.I. The summed E-state index contributed by atoms with van der Waals surface area (Å²) in [4.78, 5) is 6.99. The van der Waals surface area contributed by atoms with E-state index < -0.39 is 0 Å². The second-order valence-electron chi connectivity index (χ2n) is 6.29. The smallest absolute Gasteiger partial charge is 0.188 e. The minimum Gasteiger partial charge on any atom is -0.379 e. The molecule has 0 radical (unpaired) electrons. The number of nitrogens with two attached hydrogens (primary N) is 1. The van der Waals surface area contributed by atoms with Gasteiger partial charge in [0.2, 0.25) is 0 Å². The molecular weight excluding hydrogens is 379 g/mol. The molecule has 0 amide bonds. The van der Waals surface area contributed by atoms with Crippen LogP contribution in [0.5, 0.6) is 0 Å². The number of morpholine rings is 1. The van der Waals surface area contributed by atoms with E-state index in [-0.39, 0.29) is 24.0 Å². The molecule has 126 valence electrons. The molecule has 0 aromatic heterocycles. The van der Waals surface area contributed by atoms with Crippen LogP contribution in [0.1, 0.15) is 34.1 Å². The second kappa shape index (κ2) is 11.5. The summed E-state index contributed by atoms with van der Waals surface area (Å²) in [5.74, 6) is 1.83. The molecule has 1 atom stereocenters. The van der Waals surface area contributed by atoms with Crippen LogP contribution < -0.4 is 11.1 Å². The van der Waals surface area contributed by atoms with Crippen molar-refractivity contribution in [1.82, 2.24) is 10.2 Å². The van der Waals surface area contributed by atoms with E-state index in [4.69, 9.17) is 10.5 Å². The molecule has 1 heterocycles. The first kappa shape index (κ1) is 20.9. The molecule has 6 heteroatoms. The first-order chi connectivity index (χ1) is 9.50. The largest absolute Gasteiger partial charge is 0.379 e. The third-order valence-electron chi connectivity index (χ3n) is 3.76. The van der Waals surface area contributed by atoms with Gasteiger partial charge in [-0.2, -0.15) is 0 Å². The van der Waals surface area contributed by atoms with Crippen molar-refractivity contribution in [1.29, 1.82) is 0 Å². The molecule has 1 unspecified atom stereocenters. The normalized spacial score (nSPS) is 18.7. The molecular formula is C15H33IN4O. The van der Waals surface area contributed by atoms with Crippen LogP contribution in [0.3, 0.4) is 0 Å². The Balaban J connectivity index is 0.00000400. The number of nitrogens with zero attached hydrogens (tertiary/aromatic N) is 2. The zero-order chi connectivity index (χ0) is 15.0. The van der Waals surface area contributed by atoms with Crippen molar-refractivity contribution < 1.29 is 4.74 Å². The molecule has 1 aliphatic heterocycles. The molecule has 0 spiro atoms. The van der Waals surface area contributed by atoms with E-state index in [0.717, 1.165) is 45.8 Å². The average Bonchev–Trinajstić information content (AvgIpc) is 2.39. The van der Waals surface area contributed by atoms with Crippen molar-refractivity contribution in [3.8, 4) is 0 Å². The maximum absolute atomic E-state index is 5.93. The van der Waals surface area contributed by atoms with Crippen LogP contribution in [0.15, 0.2) is 4.99 Å². The van der Waals surface area contributed by atoms with Gasteiger partial charge in [-0.25, -0.2) is 0 Å². The highest BCUT2D eigenvalue weighted by molar-refractivity contribution is 14.0. The Labute approximate surface area is 147 Å². The number of ether oxygens (including phenoxy) is 1. The highest BCUT2D eigenvalue weighted by Gasteiger charge is 2.23. The fourth-order valence-electron chi connectivity index (χ4n) is 2.39. The first-order valence-electron chi connectivity index (χ1n) is 7.86. The molecule has 1 saturated heterocycles. The standard InChI is InChI=1S/C15H32N4O.HI/c1-12(2)5-6-17-15(16)18-11-14(13(3)4)19-7-9-20-10-8-19;/h12-14H,5-11H2,1-4H3,(H3,16,17,18);1H. The van der Waals surface area contributed by atoms with Crippen molar-refractivity contribution in [3.63, 3.8) is 0 Å². The molecule has 0 aliphatic carbocycles. The van der Waals surface area contributed by atoms with Crippen molar-refractivity contribution in [2.45, 2.75) is 40.2 Å². The molecule has 21 heavy (non-hydrogen) atoms. The van der Waals surface area contributed by atoms with E-state index in [1.807, 2.05) is 0 Å². The summed E-state index contributed by atoms with van der Waals surface area (Å²) in [7, 11) is 0. The molecule has 1 rings (SSSR count). The van der Waals surface area contributed by atoms with Gasteiger partial charge in [-0.15, -0.1) is 24.0 Å². The second-order valence-corrected chi connectivity index (χ2v) is 6.29.